The summed E-state index contributed by atoms with van der Waals surface area (Å²) in [6.07, 6.45) is 0.687. The van der Waals surface area contributed by atoms with Crippen LogP contribution in [0.1, 0.15) is 22.8 Å². The molecule has 0 radical (unpaired) electrons. The van der Waals surface area contributed by atoms with Crippen molar-refractivity contribution in [3.8, 4) is 22.6 Å². The third kappa shape index (κ3) is 6.42. The molecule has 1 N–H and O–H groups in total. The minimum Gasteiger partial charge on any atom is -0.481 e. The Morgan fingerprint density at radius 3 is 2.11 bits per heavy atom. The van der Waals surface area contributed by atoms with Gasteiger partial charge in [-0.25, -0.2) is 14.6 Å². The summed E-state index contributed by atoms with van der Waals surface area (Å²) in [6, 6.07) is 29.5. The molecule has 4 rings (SSSR count). The Labute approximate surface area is 208 Å². The molecule has 0 bridgehead atoms. The van der Waals surface area contributed by atoms with Gasteiger partial charge >= 0.3 is 5.97 Å². The fourth-order valence-corrected chi connectivity index (χ4v) is 3.29. The minimum atomic E-state index is -0.787. The zero-order chi connectivity index (χ0) is 25.3. The van der Waals surface area contributed by atoms with E-state index in [1.807, 2.05) is 54.6 Å². The fourth-order valence-electron chi connectivity index (χ4n) is 3.29. The number of carbonyl (C=O) groups is 2. The summed E-state index contributed by atoms with van der Waals surface area (Å²) in [5.74, 6) is -1.02. The van der Waals surface area contributed by atoms with Crippen LogP contribution < -0.4 is 14.9 Å². The molecule has 0 aliphatic carbocycles. The maximum atomic E-state index is 13.7. The summed E-state index contributed by atoms with van der Waals surface area (Å²) in [7, 11) is 0. The van der Waals surface area contributed by atoms with E-state index in [1.54, 1.807) is 37.3 Å². The molecule has 1 amide bonds. The van der Waals surface area contributed by atoms with E-state index in [1.165, 1.54) is 24.4 Å². The van der Waals surface area contributed by atoms with Crippen LogP contribution in [-0.2, 0) is 4.79 Å². The number of hydrazone groups is 1. The summed E-state index contributed by atoms with van der Waals surface area (Å²) >= 11 is 0. The molecule has 0 heterocycles. The van der Waals surface area contributed by atoms with Gasteiger partial charge in [0, 0.05) is 0 Å². The zero-order valence-electron chi connectivity index (χ0n) is 19.4. The van der Waals surface area contributed by atoms with E-state index in [9.17, 15) is 14.0 Å². The number of nitrogens with zero attached hydrogens (tertiary/aromatic N) is 1. The van der Waals surface area contributed by atoms with Gasteiger partial charge in [0.25, 0.3) is 5.91 Å². The number of nitrogens with one attached hydrogen (secondary N) is 1. The van der Waals surface area contributed by atoms with Gasteiger partial charge in [0.1, 0.15) is 17.3 Å². The van der Waals surface area contributed by atoms with Crippen LogP contribution in [0.5, 0.6) is 11.5 Å². The Hall–Kier alpha value is -4.78. The Balaban J connectivity index is 1.26. The number of halogens is 1. The van der Waals surface area contributed by atoms with E-state index in [0.29, 0.717) is 11.3 Å². The van der Waals surface area contributed by atoms with Crippen molar-refractivity contribution in [2.45, 2.75) is 13.0 Å². The first kappa shape index (κ1) is 24.3. The van der Waals surface area contributed by atoms with Crippen molar-refractivity contribution >= 4 is 18.1 Å². The molecule has 0 fully saturated rings. The van der Waals surface area contributed by atoms with Gasteiger partial charge in [-0.15, -0.1) is 0 Å². The standard InChI is InChI=1S/C29H23FN2O4/c1-20(35-24-17-13-23(14-18-24)22-7-3-2-4-8-22)28(33)32-31-19-21-11-15-25(16-12-21)36-29(34)26-9-5-6-10-27(26)30/h2-20H,1H3,(H,32,33)/b31-19+. The van der Waals surface area contributed by atoms with Gasteiger partial charge in [-0.3, -0.25) is 4.79 Å². The molecule has 1 atom stereocenters. The molecule has 0 aromatic heterocycles. The Kier molecular flexibility index (Phi) is 7.83. The second kappa shape index (κ2) is 11.6. The highest BCUT2D eigenvalue weighted by Crippen LogP contribution is 2.22. The first-order valence-electron chi connectivity index (χ1n) is 11.2. The maximum Gasteiger partial charge on any atom is 0.346 e. The summed E-state index contributed by atoms with van der Waals surface area (Å²) < 4.78 is 24.6. The summed E-state index contributed by atoms with van der Waals surface area (Å²) in [5, 5.41) is 3.95. The van der Waals surface area contributed by atoms with E-state index in [-0.39, 0.29) is 11.3 Å². The van der Waals surface area contributed by atoms with Crippen LogP contribution in [-0.4, -0.2) is 24.2 Å². The van der Waals surface area contributed by atoms with Crippen LogP contribution in [0, 0.1) is 5.82 Å². The predicted molar refractivity (Wildman–Crippen MR) is 136 cm³/mol. The lowest BCUT2D eigenvalue weighted by atomic mass is 10.1. The van der Waals surface area contributed by atoms with Crippen LogP contribution in [0.4, 0.5) is 4.39 Å². The van der Waals surface area contributed by atoms with Crippen LogP contribution in [0.2, 0.25) is 0 Å². The topological polar surface area (TPSA) is 77.0 Å². The van der Waals surface area contributed by atoms with E-state index in [4.69, 9.17) is 9.47 Å². The predicted octanol–water partition coefficient (Wildman–Crippen LogP) is 5.63. The first-order valence-corrected chi connectivity index (χ1v) is 11.2. The summed E-state index contributed by atoms with van der Waals surface area (Å²) in [5.41, 5.74) is 5.11. The maximum absolute atomic E-state index is 13.7. The molecule has 0 saturated carbocycles. The molecular formula is C29H23FN2O4. The molecule has 1 unspecified atom stereocenters. The molecule has 7 heteroatoms. The summed E-state index contributed by atoms with van der Waals surface area (Å²) in [6.45, 7) is 1.63. The molecular weight excluding hydrogens is 459 g/mol. The number of hydrogen-bond acceptors (Lipinski definition) is 5. The lowest BCUT2D eigenvalue weighted by Gasteiger charge is -2.13. The van der Waals surface area contributed by atoms with Crippen molar-refractivity contribution in [3.05, 3.63) is 120 Å². The van der Waals surface area contributed by atoms with Gasteiger partial charge in [0.05, 0.1) is 11.8 Å². The number of ether oxygens (including phenoxy) is 2. The van der Waals surface area contributed by atoms with Crippen LogP contribution in [0.3, 0.4) is 0 Å². The van der Waals surface area contributed by atoms with Crippen LogP contribution >= 0.6 is 0 Å². The highest BCUT2D eigenvalue weighted by Gasteiger charge is 2.15. The molecule has 4 aromatic carbocycles. The molecule has 0 aliphatic rings. The van der Waals surface area contributed by atoms with Crippen molar-refractivity contribution < 1.29 is 23.5 Å². The van der Waals surface area contributed by atoms with Crippen molar-refractivity contribution in [3.63, 3.8) is 0 Å². The van der Waals surface area contributed by atoms with Gasteiger partial charge in [0.15, 0.2) is 6.10 Å². The first-order chi connectivity index (χ1) is 17.5. The van der Waals surface area contributed by atoms with Crippen molar-refractivity contribution in [2.24, 2.45) is 5.10 Å². The molecule has 180 valence electrons. The number of rotatable bonds is 8. The second-order valence-electron chi connectivity index (χ2n) is 7.82. The lowest BCUT2D eigenvalue weighted by molar-refractivity contribution is -0.127. The average molecular weight is 483 g/mol. The summed E-state index contributed by atoms with van der Waals surface area (Å²) in [4.78, 5) is 24.4. The molecule has 0 saturated heterocycles. The molecule has 0 spiro atoms. The lowest BCUT2D eigenvalue weighted by Crippen LogP contribution is -2.33. The number of carbonyl (C=O) groups excluding carboxylic acids is 2. The third-order valence-corrected chi connectivity index (χ3v) is 5.22. The van der Waals surface area contributed by atoms with Gasteiger partial charge in [-0.2, -0.15) is 5.10 Å². The Morgan fingerprint density at radius 2 is 1.42 bits per heavy atom. The SMILES string of the molecule is CC(Oc1ccc(-c2ccccc2)cc1)C(=O)N/N=C/c1ccc(OC(=O)c2ccccc2F)cc1. The highest BCUT2D eigenvalue weighted by molar-refractivity contribution is 5.91. The van der Waals surface area contributed by atoms with Crippen molar-refractivity contribution in [1.82, 2.24) is 5.43 Å². The number of hydrogen-bond donors (Lipinski definition) is 1. The third-order valence-electron chi connectivity index (χ3n) is 5.22. The largest absolute Gasteiger partial charge is 0.481 e. The number of benzene rings is 4. The zero-order valence-corrected chi connectivity index (χ0v) is 19.4. The second-order valence-corrected chi connectivity index (χ2v) is 7.82. The van der Waals surface area contributed by atoms with Crippen LogP contribution in [0.15, 0.2) is 108 Å². The minimum absolute atomic E-state index is 0.144. The van der Waals surface area contributed by atoms with E-state index < -0.39 is 23.8 Å². The van der Waals surface area contributed by atoms with Crippen molar-refractivity contribution in [1.29, 1.82) is 0 Å². The average Bonchev–Trinajstić information content (AvgIpc) is 2.90. The van der Waals surface area contributed by atoms with Gasteiger partial charge < -0.3 is 9.47 Å². The quantitative estimate of drug-likeness (QED) is 0.153. The van der Waals surface area contributed by atoms with Crippen molar-refractivity contribution in [2.75, 3.05) is 0 Å². The highest BCUT2D eigenvalue weighted by atomic mass is 19.1. The fraction of sp³-hybridized carbons (Fsp3) is 0.0690. The van der Waals surface area contributed by atoms with Gasteiger partial charge in [0.2, 0.25) is 0 Å². The smallest absolute Gasteiger partial charge is 0.346 e. The van der Waals surface area contributed by atoms with Gasteiger partial charge in [-0.1, -0.05) is 54.6 Å². The van der Waals surface area contributed by atoms with E-state index >= 15 is 0 Å². The normalized spacial score (nSPS) is 11.6. The number of amides is 1. The Bertz CT molecular complexity index is 1350. The molecule has 0 aliphatic heterocycles. The van der Waals surface area contributed by atoms with E-state index in [0.717, 1.165) is 11.1 Å². The van der Waals surface area contributed by atoms with Crippen LogP contribution in [0.25, 0.3) is 11.1 Å². The number of esters is 1. The van der Waals surface area contributed by atoms with Gasteiger partial charge in [-0.05, 0) is 72.1 Å². The molecule has 6 nitrogen and oxygen atoms in total. The monoisotopic (exact) mass is 482 g/mol. The molecule has 36 heavy (non-hydrogen) atoms. The Morgan fingerprint density at radius 1 is 0.806 bits per heavy atom. The molecule has 4 aromatic rings. The van der Waals surface area contributed by atoms with E-state index in [2.05, 4.69) is 10.5 Å².